The normalized spacial score (nSPS) is 12.1. The molecule has 1 aromatic heterocycles. The van der Waals surface area contributed by atoms with Crippen LogP contribution >= 0.6 is 0 Å². The maximum absolute atomic E-state index is 12.5. The Kier molecular flexibility index (Phi) is 6.59. The van der Waals surface area contributed by atoms with E-state index in [1.807, 2.05) is 36.5 Å². The van der Waals surface area contributed by atoms with E-state index in [9.17, 15) is 4.79 Å². The van der Waals surface area contributed by atoms with E-state index in [4.69, 9.17) is 0 Å². The number of nitrogens with zero attached hydrogens (tertiary/aromatic N) is 1. The number of rotatable bonds is 9. The number of aromatic amines is 1. The first kappa shape index (κ1) is 19.1. The van der Waals surface area contributed by atoms with Crippen LogP contribution < -0.4 is 0 Å². The van der Waals surface area contributed by atoms with Gasteiger partial charge in [-0.2, -0.15) is 0 Å². The van der Waals surface area contributed by atoms with Gasteiger partial charge in [0.05, 0.1) is 11.9 Å². The van der Waals surface area contributed by atoms with Gasteiger partial charge in [-0.15, -0.1) is 0 Å². The zero-order valence-corrected chi connectivity index (χ0v) is 16.2. The Balaban J connectivity index is 1.67. The molecule has 3 aromatic rings. The van der Waals surface area contributed by atoms with Crippen LogP contribution in [0, 0.1) is 5.92 Å². The number of unbranched alkanes of at least 4 members (excludes halogenated alkanes) is 1. The van der Waals surface area contributed by atoms with E-state index in [0.29, 0.717) is 12.2 Å². The van der Waals surface area contributed by atoms with E-state index in [-0.39, 0.29) is 5.92 Å². The summed E-state index contributed by atoms with van der Waals surface area (Å²) in [6.45, 7) is 4.29. The molecular weight excluding hydrogens is 332 g/mol. The van der Waals surface area contributed by atoms with Crippen molar-refractivity contribution in [2.24, 2.45) is 5.92 Å². The summed E-state index contributed by atoms with van der Waals surface area (Å²) in [5.74, 6) is 1.43. The summed E-state index contributed by atoms with van der Waals surface area (Å²) < 4.78 is 0. The summed E-state index contributed by atoms with van der Waals surface area (Å²) in [7, 11) is 0. The number of H-pyrrole nitrogens is 1. The highest BCUT2D eigenvalue weighted by atomic mass is 16.1. The Morgan fingerprint density at radius 2 is 1.74 bits per heavy atom. The van der Waals surface area contributed by atoms with Gasteiger partial charge in [-0.25, -0.2) is 4.98 Å². The van der Waals surface area contributed by atoms with Crippen LogP contribution in [0.5, 0.6) is 0 Å². The molecule has 0 aliphatic heterocycles. The Bertz CT molecular complexity index is 850. The quantitative estimate of drug-likeness (QED) is 0.503. The third-order valence-corrected chi connectivity index (χ3v) is 5.12. The van der Waals surface area contributed by atoms with Gasteiger partial charge in [0.1, 0.15) is 11.6 Å². The maximum Gasteiger partial charge on any atom is 0.140 e. The average molecular weight is 361 g/mol. The van der Waals surface area contributed by atoms with Gasteiger partial charge in [-0.1, -0.05) is 81.3 Å². The molecule has 1 N–H and O–H groups in total. The summed E-state index contributed by atoms with van der Waals surface area (Å²) in [5.41, 5.74) is 4.23. The summed E-state index contributed by atoms with van der Waals surface area (Å²) >= 11 is 0. The summed E-state index contributed by atoms with van der Waals surface area (Å²) in [5, 5.41) is 0. The topological polar surface area (TPSA) is 45.8 Å². The number of benzene rings is 2. The van der Waals surface area contributed by atoms with Crippen molar-refractivity contribution in [1.29, 1.82) is 0 Å². The fourth-order valence-corrected chi connectivity index (χ4v) is 3.40. The monoisotopic (exact) mass is 360 g/mol. The molecule has 1 unspecified atom stereocenters. The number of ketones is 1. The molecule has 0 fully saturated rings. The minimum absolute atomic E-state index is 0.200. The van der Waals surface area contributed by atoms with Gasteiger partial charge in [-0.05, 0) is 24.0 Å². The number of nitrogens with one attached hydrogen (secondary N) is 1. The third kappa shape index (κ3) is 4.94. The zero-order chi connectivity index (χ0) is 19.1. The Hall–Kier alpha value is -2.68. The molecule has 2 aromatic carbocycles. The Morgan fingerprint density at radius 3 is 2.41 bits per heavy atom. The van der Waals surface area contributed by atoms with Gasteiger partial charge in [0.25, 0.3) is 0 Å². The Labute approximate surface area is 161 Å². The van der Waals surface area contributed by atoms with Gasteiger partial charge >= 0.3 is 0 Å². The van der Waals surface area contributed by atoms with E-state index in [1.54, 1.807) is 0 Å². The van der Waals surface area contributed by atoms with Crippen LogP contribution in [0.3, 0.4) is 0 Å². The summed E-state index contributed by atoms with van der Waals surface area (Å²) in [6.07, 6.45) is 6.62. The lowest BCUT2D eigenvalue weighted by atomic mass is 9.91. The summed E-state index contributed by atoms with van der Waals surface area (Å²) in [6, 6.07) is 18.3. The van der Waals surface area contributed by atoms with Crippen molar-refractivity contribution in [3.8, 4) is 22.6 Å². The third-order valence-electron chi connectivity index (χ3n) is 5.12. The molecule has 0 spiro atoms. The molecule has 1 heterocycles. The second-order valence-electron chi connectivity index (χ2n) is 7.10. The fourth-order valence-electron chi connectivity index (χ4n) is 3.40. The van der Waals surface area contributed by atoms with Crippen LogP contribution in [0.4, 0.5) is 0 Å². The van der Waals surface area contributed by atoms with Crippen LogP contribution in [0.1, 0.15) is 45.1 Å². The SMILES string of the molecule is CCCCC(CC)C(=O)Cc1ccc(-c2cnc(-c3ccccc3)[nH]2)cc1. The first-order valence-electron chi connectivity index (χ1n) is 9.93. The van der Waals surface area contributed by atoms with Crippen molar-refractivity contribution in [1.82, 2.24) is 9.97 Å². The van der Waals surface area contributed by atoms with E-state index < -0.39 is 0 Å². The first-order valence-corrected chi connectivity index (χ1v) is 9.93. The molecule has 0 saturated heterocycles. The van der Waals surface area contributed by atoms with E-state index in [1.165, 1.54) is 0 Å². The fraction of sp³-hybridized carbons (Fsp3) is 0.333. The molecule has 0 amide bonds. The van der Waals surface area contributed by atoms with Gasteiger partial charge in [-0.3, -0.25) is 4.79 Å². The predicted octanol–water partition coefficient (Wildman–Crippen LogP) is 6.07. The van der Waals surface area contributed by atoms with Crippen molar-refractivity contribution in [3.63, 3.8) is 0 Å². The lowest BCUT2D eigenvalue weighted by Crippen LogP contribution is -2.16. The van der Waals surface area contributed by atoms with Crippen LogP contribution in [0.25, 0.3) is 22.6 Å². The number of Topliss-reactive ketones (excluding diaryl/α,β-unsaturated/α-hetero) is 1. The minimum Gasteiger partial charge on any atom is -0.338 e. The van der Waals surface area contributed by atoms with Crippen LogP contribution in [0.2, 0.25) is 0 Å². The average Bonchev–Trinajstić information content (AvgIpc) is 3.20. The van der Waals surface area contributed by atoms with Crippen LogP contribution in [0.15, 0.2) is 60.8 Å². The van der Waals surface area contributed by atoms with Crippen LogP contribution in [-0.2, 0) is 11.2 Å². The maximum atomic E-state index is 12.5. The molecule has 0 radical (unpaired) electrons. The number of aromatic nitrogens is 2. The smallest absolute Gasteiger partial charge is 0.140 e. The molecule has 1 atom stereocenters. The molecule has 3 nitrogen and oxygen atoms in total. The van der Waals surface area contributed by atoms with Crippen molar-refractivity contribution < 1.29 is 4.79 Å². The minimum atomic E-state index is 0.200. The lowest BCUT2D eigenvalue weighted by molar-refractivity contribution is -0.122. The highest BCUT2D eigenvalue weighted by Crippen LogP contribution is 2.23. The van der Waals surface area contributed by atoms with Gasteiger partial charge in [0, 0.05) is 17.9 Å². The largest absolute Gasteiger partial charge is 0.338 e. The molecule has 3 heteroatoms. The van der Waals surface area contributed by atoms with Crippen molar-refractivity contribution in [2.45, 2.75) is 46.0 Å². The van der Waals surface area contributed by atoms with Gasteiger partial charge < -0.3 is 4.98 Å². The number of carbonyl (C=O) groups is 1. The lowest BCUT2D eigenvalue weighted by Gasteiger charge is -2.13. The highest BCUT2D eigenvalue weighted by Gasteiger charge is 2.16. The van der Waals surface area contributed by atoms with E-state index in [0.717, 1.165) is 53.9 Å². The Morgan fingerprint density at radius 1 is 1.00 bits per heavy atom. The molecule has 0 bridgehead atoms. The van der Waals surface area contributed by atoms with Crippen LogP contribution in [-0.4, -0.2) is 15.8 Å². The number of imidazole rings is 1. The van der Waals surface area contributed by atoms with Crippen molar-refractivity contribution >= 4 is 5.78 Å². The molecule has 140 valence electrons. The molecule has 3 rings (SSSR count). The van der Waals surface area contributed by atoms with Crippen molar-refractivity contribution in [2.75, 3.05) is 0 Å². The van der Waals surface area contributed by atoms with Gasteiger partial charge in [0.15, 0.2) is 0 Å². The molecule has 0 saturated carbocycles. The standard InChI is InChI=1S/C24H28N2O/c1-3-5-9-19(4-2)23(27)16-18-12-14-20(15-13-18)22-17-25-24(26-22)21-10-7-6-8-11-21/h6-8,10-15,17,19H,3-5,9,16H2,1-2H3,(H,25,26). The second-order valence-corrected chi connectivity index (χ2v) is 7.10. The first-order chi connectivity index (χ1) is 13.2. The number of carbonyl (C=O) groups excluding carboxylic acids is 1. The summed E-state index contributed by atoms with van der Waals surface area (Å²) in [4.78, 5) is 20.4. The number of hydrogen-bond donors (Lipinski definition) is 1. The van der Waals surface area contributed by atoms with E-state index in [2.05, 4.69) is 48.1 Å². The molecule has 27 heavy (non-hydrogen) atoms. The van der Waals surface area contributed by atoms with E-state index >= 15 is 0 Å². The number of hydrogen-bond acceptors (Lipinski definition) is 2. The highest BCUT2D eigenvalue weighted by molar-refractivity contribution is 5.83. The second kappa shape index (κ2) is 9.31. The zero-order valence-electron chi connectivity index (χ0n) is 16.2. The van der Waals surface area contributed by atoms with Crippen molar-refractivity contribution in [3.05, 3.63) is 66.4 Å². The molecule has 0 aliphatic carbocycles. The molecule has 0 aliphatic rings. The van der Waals surface area contributed by atoms with Gasteiger partial charge in [0.2, 0.25) is 0 Å². The predicted molar refractivity (Wildman–Crippen MR) is 111 cm³/mol. The molecular formula is C24H28N2O.